The van der Waals surface area contributed by atoms with E-state index in [2.05, 4.69) is 10.1 Å². The normalized spacial score (nSPS) is 13.8. The molecule has 0 saturated heterocycles. The van der Waals surface area contributed by atoms with Crippen LogP contribution in [0, 0.1) is 0 Å². The van der Waals surface area contributed by atoms with E-state index in [4.69, 9.17) is 12.2 Å². The Kier molecular flexibility index (Phi) is 1.74. The Morgan fingerprint density at radius 3 is 3.13 bits per heavy atom. The van der Waals surface area contributed by atoms with Crippen molar-refractivity contribution in [1.82, 2.24) is 14.6 Å². The van der Waals surface area contributed by atoms with Crippen LogP contribution in [-0.2, 0) is 6.65 Å². The summed E-state index contributed by atoms with van der Waals surface area (Å²) < 4.78 is 20.7. The zero-order valence-electron chi connectivity index (χ0n) is 8.38. The van der Waals surface area contributed by atoms with Crippen molar-refractivity contribution in [2.24, 2.45) is 0 Å². The number of aromatic nitrogens is 3. The molecule has 0 spiro atoms. The second-order valence-corrected chi connectivity index (χ2v) is 2.80. The molecule has 1 atom stereocenters. The first-order valence-corrected chi connectivity index (χ1v) is 3.95. The maximum atomic E-state index is 12.7. The van der Waals surface area contributed by atoms with E-state index in [1.807, 2.05) is 0 Å². The lowest BCUT2D eigenvalue weighted by molar-refractivity contribution is 0.0700. The third-order valence-electron chi connectivity index (χ3n) is 1.86. The first-order valence-electron chi connectivity index (χ1n) is 4.53. The van der Waals surface area contributed by atoms with Crippen LogP contribution in [0.15, 0.2) is 12.3 Å². The Bertz CT molecular complexity index is 568. The quantitative estimate of drug-likeness (QED) is 0.753. The number of alkyl halides is 1. The molecule has 2 aromatic rings. The van der Waals surface area contributed by atoms with Crippen LogP contribution in [0.3, 0.4) is 0 Å². The van der Waals surface area contributed by atoms with Crippen LogP contribution in [0.1, 0.15) is 17.4 Å². The SMILES string of the molecule is [2H]C(F)c1ccn2nc(N)c(C(=O)O)c2n1. The predicted molar refractivity (Wildman–Crippen MR) is 49.2 cm³/mol. The minimum Gasteiger partial charge on any atom is -0.477 e. The van der Waals surface area contributed by atoms with Crippen LogP contribution in [-0.4, -0.2) is 25.7 Å². The average Bonchev–Trinajstić information content (AvgIpc) is 2.51. The summed E-state index contributed by atoms with van der Waals surface area (Å²) in [5, 5.41) is 12.6. The van der Waals surface area contributed by atoms with E-state index in [9.17, 15) is 9.18 Å². The van der Waals surface area contributed by atoms with Crippen LogP contribution >= 0.6 is 0 Å². The van der Waals surface area contributed by atoms with E-state index in [0.717, 1.165) is 4.52 Å². The van der Waals surface area contributed by atoms with Crippen molar-refractivity contribution >= 4 is 17.4 Å². The number of aromatic carboxylic acids is 1. The summed E-state index contributed by atoms with van der Waals surface area (Å²) in [4.78, 5) is 14.6. The lowest BCUT2D eigenvalue weighted by Crippen LogP contribution is -2.01. The Balaban J connectivity index is 2.74. The first kappa shape index (κ1) is 8.16. The number of nitrogens with zero attached hydrogens (tertiary/aromatic N) is 3. The molecule has 0 saturated carbocycles. The molecule has 0 bridgehead atoms. The molecule has 0 aliphatic heterocycles. The van der Waals surface area contributed by atoms with E-state index < -0.39 is 12.6 Å². The van der Waals surface area contributed by atoms with Gasteiger partial charge < -0.3 is 10.8 Å². The Morgan fingerprint density at radius 2 is 2.53 bits per heavy atom. The van der Waals surface area contributed by atoms with Crippen LogP contribution in [0.5, 0.6) is 0 Å². The van der Waals surface area contributed by atoms with E-state index in [-0.39, 0.29) is 22.7 Å². The number of carbonyl (C=O) groups is 1. The number of hydrogen-bond donors (Lipinski definition) is 2. The molecule has 0 aliphatic rings. The second-order valence-electron chi connectivity index (χ2n) is 2.80. The largest absolute Gasteiger partial charge is 0.477 e. The van der Waals surface area contributed by atoms with Gasteiger partial charge >= 0.3 is 5.97 Å². The molecule has 15 heavy (non-hydrogen) atoms. The third-order valence-corrected chi connectivity index (χ3v) is 1.86. The monoisotopic (exact) mass is 211 g/mol. The molecule has 1 unspecified atom stereocenters. The Labute approximate surface area is 84.6 Å². The maximum absolute atomic E-state index is 12.7. The van der Waals surface area contributed by atoms with Gasteiger partial charge in [-0.3, -0.25) is 0 Å². The highest BCUT2D eigenvalue weighted by Crippen LogP contribution is 2.16. The summed E-state index contributed by atoms with van der Waals surface area (Å²) in [5.74, 6) is -1.49. The Hall–Kier alpha value is -2.18. The standard InChI is InChI=1S/C8H7FN4O2/c9-3-4-1-2-13-7(11-4)5(8(14)15)6(10)12-13/h1-2H,3H2,(H2,10,12)(H,14,15)/i3D. The number of carboxylic acid groups (broad SMARTS) is 1. The first-order chi connectivity index (χ1) is 7.50. The molecule has 2 heterocycles. The Morgan fingerprint density at radius 1 is 1.80 bits per heavy atom. The number of rotatable bonds is 2. The zero-order valence-corrected chi connectivity index (χ0v) is 7.38. The topological polar surface area (TPSA) is 93.5 Å². The number of halogens is 1. The maximum Gasteiger partial charge on any atom is 0.343 e. The zero-order chi connectivity index (χ0) is 11.9. The number of nitrogens with two attached hydrogens (primary N) is 1. The molecule has 0 aliphatic carbocycles. The molecular weight excluding hydrogens is 203 g/mol. The fourth-order valence-corrected chi connectivity index (χ4v) is 1.23. The van der Waals surface area contributed by atoms with Gasteiger partial charge in [-0.05, 0) is 6.07 Å². The van der Waals surface area contributed by atoms with Crippen LogP contribution < -0.4 is 5.73 Å². The van der Waals surface area contributed by atoms with E-state index in [1.54, 1.807) is 0 Å². The van der Waals surface area contributed by atoms with Crippen molar-refractivity contribution in [3.8, 4) is 0 Å². The van der Waals surface area contributed by atoms with E-state index in [1.165, 1.54) is 12.3 Å². The van der Waals surface area contributed by atoms with Crippen molar-refractivity contribution < 1.29 is 15.7 Å². The number of fused-ring (bicyclic) bond motifs is 1. The van der Waals surface area contributed by atoms with Gasteiger partial charge in [0.2, 0.25) is 0 Å². The molecule has 0 fully saturated rings. The van der Waals surface area contributed by atoms with Gasteiger partial charge in [0.15, 0.2) is 11.5 Å². The third kappa shape index (κ3) is 1.37. The molecule has 78 valence electrons. The molecule has 0 aromatic carbocycles. The molecule has 7 heteroatoms. The molecular formula is C8H7FN4O2. The summed E-state index contributed by atoms with van der Waals surface area (Å²) >= 11 is 0. The van der Waals surface area contributed by atoms with Crippen LogP contribution in [0.4, 0.5) is 10.2 Å². The van der Waals surface area contributed by atoms with Gasteiger partial charge in [0, 0.05) is 6.20 Å². The lowest BCUT2D eigenvalue weighted by Gasteiger charge is -1.95. The molecule has 0 radical (unpaired) electrons. The smallest absolute Gasteiger partial charge is 0.343 e. The summed E-state index contributed by atoms with van der Waals surface area (Å²) in [6.07, 6.45) is 1.31. The van der Waals surface area contributed by atoms with Crippen molar-refractivity contribution in [3.05, 3.63) is 23.5 Å². The summed E-state index contributed by atoms with van der Waals surface area (Å²) in [5.41, 5.74) is 4.84. The fraction of sp³-hybridized carbons (Fsp3) is 0.125. The van der Waals surface area contributed by atoms with Crippen LogP contribution in [0.2, 0.25) is 0 Å². The van der Waals surface area contributed by atoms with Crippen molar-refractivity contribution in [2.45, 2.75) is 6.65 Å². The van der Waals surface area contributed by atoms with Gasteiger partial charge in [-0.15, -0.1) is 5.10 Å². The average molecular weight is 211 g/mol. The number of carboxylic acids is 1. The molecule has 3 N–H and O–H groups in total. The predicted octanol–water partition coefficient (Wildman–Crippen LogP) is 0.479. The molecule has 6 nitrogen and oxygen atoms in total. The summed E-state index contributed by atoms with van der Waals surface area (Å²) in [6.45, 7) is -2.03. The number of anilines is 1. The van der Waals surface area contributed by atoms with Gasteiger partial charge in [-0.1, -0.05) is 0 Å². The molecule has 2 rings (SSSR count). The van der Waals surface area contributed by atoms with Gasteiger partial charge in [0.05, 0.1) is 7.06 Å². The van der Waals surface area contributed by atoms with Crippen molar-refractivity contribution in [3.63, 3.8) is 0 Å². The molecule has 0 amide bonds. The number of nitrogen functional groups attached to an aromatic ring is 1. The van der Waals surface area contributed by atoms with E-state index in [0.29, 0.717) is 0 Å². The summed E-state index contributed by atoms with van der Waals surface area (Å²) in [7, 11) is 0. The van der Waals surface area contributed by atoms with Crippen LogP contribution in [0.25, 0.3) is 5.65 Å². The fourth-order valence-electron chi connectivity index (χ4n) is 1.23. The van der Waals surface area contributed by atoms with Gasteiger partial charge in [0.25, 0.3) is 0 Å². The highest BCUT2D eigenvalue weighted by atomic mass is 19.1. The van der Waals surface area contributed by atoms with Gasteiger partial charge in [-0.25, -0.2) is 18.7 Å². The highest BCUT2D eigenvalue weighted by Gasteiger charge is 2.18. The second kappa shape index (κ2) is 3.19. The van der Waals surface area contributed by atoms with Gasteiger partial charge in [-0.2, -0.15) is 0 Å². The minimum absolute atomic E-state index is 0.0719. The summed E-state index contributed by atoms with van der Waals surface area (Å²) in [6, 6.07) is 1.24. The van der Waals surface area contributed by atoms with Gasteiger partial charge in [0.1, 0.15) is 12.2 Å². The minimum atomic E-state index is -2.03. The lowest BCUT2D eigenvalue weighted by atomic mass is 10.3. The highest BCUT2D eigenvalue weighted by molar-refractivity contribution is 5.99. The van der Waals surface area contributed by atoms with E-state index >= 15 is 0 Å². The van der Waals surface area contributed by atoms with Crippen molar-refractivity contribution in [2.75, 3.05) is 5.73 Å². The molecule has 2 aromatic heterocycles. The van der Waals surface area contributed by atoms with Crippen molar-refractivity contribution in [1.29, 1.82) is 0 Å². The number of hydrogen-bond acceptors (Lipinski definition) is 4.